The summed E-state index contributed by atoms with van der Waals surface area (Å²) in [5.74, 6) is 0.0287. The number of halogens is 1. The minimum Gasteiger partial charge on any atom is -0.388 e. The molecule has 172 valence electrons. The molecule has 1 aromatic carbocycles. The normalized spacial score (nSPS) is 12.1. The molecule has 0 saturated heterocycles. The first-order valence-corrected chi connectivity index (χ1v) is 10.9. The zero-order chi connectivity index (χ0) is 23.5. The maximum Gasteiger partial charge on any atom is 0.280 e. The van der Waals surface area contributed by atoms with E-state index in [9.17, 15) is 4.79 Å². The maximum atomic E-state index is 12.2. The molecule has 2 aromatic rings. The average Bonchev–Trinajstić information content (AvgIpc) is 2.74. The van der Waals surface area contributed by atoms with Crippen LogP contribution < -0.4 is 22.5 Å². The van der Waals surface area contributed by atoms with Crippen molar-refractivity contribution >= 4 is 35.1 Å². The average molecular weight is 459 g/mol. The molecular formula is C22H31ClN8O. The van der Waals surface area contributed by atoms with E-state index in [0.29, 0.717) is 18.1 Å². The van der Waals surface area contributed by atoms with Crippen LogP contribution in [0.3, 0.4) is 0 Å². The molecule has 0 fully saturated rings. The smallest absolute Gasteiger partial charge is 0.280 e. The van der Waals surface area contributed by atoms with Crippen molar-refractivity contribution in [2.75, 3.05) is 18.8 Å². The van der Waals surface area contributed by atoms with E-state index in [0.717, 1.165) is 38.6 Å². The van der Waals surface area contributed by atoms with Gasteiger partial charge < -0.3 is 17.2 Å². The Morgan fingerprint density at radius 1 is 1.00 bits per heavy atom. The quantitative estimate of drug-likeness (QED) is 0.243. The Morgan fingerprint density at radius 2 is 1.59 bits per heavy atom. The first-order valence-electron chi connectivity index (χ1n) is 10.5. The number of carbonyl (C=O) groups excluding carboxylic acids is 1. The number of amides is 1. The number of nitrogen functional groups attached to an aromatic ring is 1. The summed E-state index contributed by atoms with van der Waals surface area (Å²) < 4.78 is 0. The van der Waals surface area contributed by atoms with Gasteiger partial charge in [-0.05, 0) is 57.1 Å². The van der Waals surface area contributed by atoms with Gasteiger partial charge in [-0.2, -0.15) is 0 Å². The van der Waals surface area contributed by atoms with Crippen molar-refractivity contribution in [3.63, 3.8) is 0 Å². The number of aromatic nitrogens is 2. The van der Waals surface area contributed by atoms with Gasteiger partial charge in [-0.15, -0.1) is 0 Å². The van der Waals surface area contributed by atoms with Crippen LogP contribution in [0.1, 0.15) is 53.5 Å². The van der Waals surface area contributed by atoms with Crippen molar-refractivity contribution in [1.29, 1.82) is 0 Å². The van der Waals surface area contributed by atoms with Crippen molar-refractivity contribution in [3.8, 4) is 0 Å². The lowest BCUT2D eigenvalue weighted by atomic mass is 10.0. The second kappa shape index (κ2) is 12.6. The molecule has 0 radical (unpaired) electrons. The first-order chi connectivity index (χ1) is 15.3. The molecule has 1 amide bonds. The minimum absolute atomic E-state index is 0.00594. The highest BCUT2D eigenvalue weighted by molar-refractivity contribution is 6.30. The number of hydrogen-bond acceptors (Lipinski definition) is 6. The summed E-state index contributed by atoms with van der Waals surface area (Å²) in [6.45, 7) is 4.71. The summed E-state index contributed by atoms with van der Waals surface area (Å²) in [5, 5.41) is 2.57. The summed E-state index contributed by atoms with van der Waals surface area (Å²) in [4.78, 5) is 28.5. The molecule has 0 atom stereocenters. The highest BCUT2D eigenvalue weighted by Gasteiger charge is 2.16. The first kappa shape index (κ1) is 25.1. The van der Waals surface area contributed by atoms with Gasteiger partial charge in [0.05, 0.1) is 11.5 Å². The van der Waals surface area contributed by atoms with Crippen LogP contribution in [0.2, 0.25) is 5.15 Å². The van der Waals surface area contributed by atoms with E-state index < -0.39 is 5.91 Å². The predicted octanol–water partition coefficient (Wildman–Crippen LogP) is 2.40. The third-order valence-corrected chi connectivity index (χ3v) is 5.02. The van der Waals surface area contributed by atoms with Crippen LogP contribution in [0.15, 0.2) is 34.3 Å². The number of aryl methyl sites for hydroxylation is 3. The zero-order valence-electron chi connectivity index (χ0n) is 18.6. The van der Waals surface area contributed by atoms with Crippen LogP contribution in [-0.2, 0) is 12.8 Å². The minimum atomic E-state index is -0.594. The van der Waals surface area contributed by atoms with Crippen molar-refractivity contribution in [1.82, 2.24) is 15.3 Å². The lowest BCUT2D eigenvalue weighted by Gasteiger charge is -2.07. The fourth-order valence-corrected chi connectivity index (χ4v) is 3.08. The van der Waals surface area contributed by atoms with Crippen LogP contribution in [0.25, 0.3) is 0 Å². The number of nitrogens with zero attached hydrogens (tertiary/aromatic N) is 4. The number of hydrogen-bond donors (Lipinski definition) is 4. The van der Waals surface area contributed by atoms with E-state index in [1.165, 1.54) is 11.1 Å². The lowest BCUT2D eigenvalue weighted by Crippen LogP contribution is -2.38. The van der Waals surface area contributed by atoms with Crippen LogP contribution in [-0.4, -0.2) is 40.8 Å². The topological polar surface area (TPSA) is 158 Å². The number of rotatable bonds is 10. The summed E-state index contributed by atoms with van der Waals surface area (Å²) in [7, 11) is 0. The molecule has 32 heavy (non-hydrogen) atoms. The third kappa shape index (κ3) is 8.50. The molecule has 0 unspecified atom stereocenters. The number of carbonyl (C=O) groups is 1. The predicted molar refractivity (Wildman–Crippen MR) is 130 cm³/mol. The van der Waals surface area contributed by atoms with Crippen LogP contribution >= 0.6 is 11.6 Å². The molecule has 2 rings (SSSR count). The molecule has 0 saturated carbocycles. The molecule has 9 nitrogen and oxygen atoms in total. The van der Waals surface area contributed by atoms with Gasteiger partial charge in [0, 0.05) is 13.1 Å². The van der Waals surface area contributed by atoms with Gasteiger partial charge in [-0.3, -0.25) is 20.1 Å². The van der Waals surface area contributed by atoms with Crippen LogP contribution in [0, 0.1) is 6.92 Å². The van der Waals surface area contributed by atoms with E-state index >= 15 is 0 Å². The number of unbranched alkanes of at least 4 members (excludes halogenated alkanes) is 1. The summed E-state index contributed by atoms with van der Waals surface area (Å²) in [6, 6.07) is 8.63. The van der Waals surface area contributed by atoms with Crippen molar-refractivity contribution < 1.29 is 4.79 Å². The van der Waals surface area contributed by atoms with E-state index in [1.54, 1.807) is 13.8 Å². The molecule has 0 aliphatic rings. The highest BCUT2D eigenvalue weighted by atomic mass is 35.5. The van der Waals surface area contributed by atoms with Gasteiger partial charge in [0.25, 0.3) is 5.91 Å². The van der Waals surface area contributed by atoms with Gasteiger partial charge in [0.1, 0.15) is 0 Å². The van der Waals surface area contributed by atoms with E-state index in [1.807, 2.05) is 0 Å². The number of guanidine groups is 1. The Balaban J connectivity index is 1.71. The Morgan fingerprint density at radius 3 is 2.22 bits per heavy atom. The molecular weight excluding hydrogens is 428 g/mol. The van der Waals surface area contributed by atoms with Gasteiger partial charge in [-0.1, -0.05) is 35.9 Å². The van der Waals surface area contributed by atoms with Crippen LogP contribution in [0.5, 0.6) is 0 Å². The van der Waals surface area contributed by atoms with Gasteiger partial charge in [0.15, 0.2) is 22.6 Å². The van der Waals surface area contributed by atoms with E-state index in [-0.39, 0.29) is 22.6 Å². The Labute approximate surface area is 193 Å². The summed E-state index contributed by atoms with van der Waals surface area (Å²) >= 11 is 5.90. The number of benzene rings is 1. The molecule has 7 N–H and O–H groups in total. The fraction of sp³-hybridized carbons (Fsp3) is 0.409. The Kier molecular flexibility index (Phi) is 9.87. The molecule has 0 aliphatic carbocycles. The zero-order valence-corrected chi connectivity index (χ0v) is 19.3. The maximum absolute atomic E-state index is 12.2. The Bertz CT molecular complexity index is 969. The number of nitrogens with one attached hydrogen (secondary N) is 1. The number of nitrogens with two attached hydrogens (primary N) is 3. The standard InChI is InChI=1S/C22H31ClN8O/c1-14-19(23)30-18(20(25)29-14)21(32)31-22(26)28-12-4-3-6-16-8-10-17(11-9-16)7-5-13-27-15(2)24/h8-11H,3-7,12-13H2,1-2H3,(H2,24,27)(H2,25,29)(H3,26,28,31,32). The number of amidine groups is 1. The second-order valence-electron chi connectivity index (χ2n) is 7.46. The molecule has 1 heterocycles. The molecule has 1 aromatic heterocycles. The SMILES string of the molecule is CC(N)=NCCCc1ccc(CCCCN=C(N)NC(=O)c2nc(Cl)c(C)nc2N)cc1. The summed E-state index contributed by atoms with van der Waals surface area (Å²) in [6.07, 6.45) is 4.73. The Hall–Kier alpha value is -3.20. The molecule has 0 spiro atoms. The van der Waals surface area contributed by atoms with Gasteiger partial charge in [0.2, 0.25) is 0 Å². The van der Waals surface area contributed by atoms with Crippen molar-refractivity contribution in [2.45, 2.75) is 46.0 Å². The fourth-order valence-electron chi connectivity index (χ4n) is 2.95. The molecule has 0 aliphatic heterocycles. The molecule has 0 bridgehead atoms. The van der Waals surface area contributed by atoms with Crippen molar-refractivity contribution in [2.24, 2.45) is 21.5 Å². The van der Waals surface area contributed by atoms with Gasteiger partial charge >= 0.3 is 0 Å². The van der Waals surface area contributed by atoms with Crippen molar-refractivity contribution in [3.05, 3.63) is 51.9 Å². The molecule has 10 heteroatoms. The van der Waals surface area contributed by atoms with E-state index in [4.69, 9.17) is 28.8 Å². The van der Waals surface area contributed by atoms with Gasteiger partial charge in [-0.25, -0.2) is 9.97 Å². The van der Waals surface area contributed by atoms with Crippen LogP contribution in [0.4, 0.5) is 5.82 Å². The largest absolute Gasteiger partial charge is 0.388 e. The van der Waals surface area contributed by atoms with E-state index in [2.05, 4.69) is 49.5 Å². The monoisotopic (exact) mass is 458 g/mol. The third-order valence-electron chi connectivity index (χ3n) is 4.66. The summed E-state index contributed by atoms with van der Waals surface area (Å²) in [5.41, 5.74) is 20.0. The number of anilines is 1. The highest BCUT2D eigenvalue weighted by Crippen LogP contribution is 2.14. The number of aliphatic imine (C=N–C) groups is 2. The second-order valence-corrected chi connectivity index (χ2v) is 7.81. The lowest BCUT2D eigenvalue weighted by molar-refractivity contribution is 0.0972.